The Hall–Kier alpha value is -3.52. The molecule has 1 aromatic heterocycles. The van der Waals surface area contributed by atoms with Crippen LogP contribution in [-0.4, -0.2) is 72.1 Å². The first kappa shape index (κ1) is 28.0. The second-order valence-corrected chi connectivity index (χ2v) is 11.9. The molecule has 3 aromatic rings. The monoisotopic (exact) mass is 546 g/mol. The average Bonchev–Trinajstić information content (AvgIpc) is 3.30. The Labute approximate surface area is 237 Å². The van der Waals surface area contributed by atoms with Gasteiger partial charge in [0.2, 0.25) is 5.91 Å². The maximum Gasteiger partial charge on any atom is 0.271 e. The van der Waals surface area contributed by atoms with Crippen LogP contribution in [0.1, 0.15) is 49.7 Å². The molecule has 1 fully saturated rings. The van der Waals surface area contributed by atoms with Crippen molar-refractivity contribution in [1.29, 1.82) is 0 Å². The molecule has 5 rings (SSSR count). The first-order chi connectivity index (χ1) is 19.2. The van der Waals surface area contributed by atoms with Gasteiger partial charge >= 0.3 is 0 Å². The minimum atomic E-state index is -1.08. The topological polar surface area (TPSA) is 76.0 Å². The summed E-state index contributed by atoms with van der Waals surface area (Å²) in [5, 5.41) is 4.13. The van der Waals surface area contributed by atoms with E-state index < -0.39 is 5.54 Å². The number of likely N-dealkylation sites (tertiary alicyclic amines) is 1. The number of nitrogens with one attached hydrogen (secondary N) is 1. The van der Waals surface area contributed by atoms with Crippen LogP contribution in [0.4, 0.5) is 0 Å². The summed E-state index contributed by atoms with van der Waals surface area (Å²) in [4.78, 5) is 32.2. The van der Waals surface area contributed by atoms with Gasteiger partial charge in [-0.3, -0.25) is 9.59 Å². The van der Waals surface area contributed by atoms with Crippen molar-refractivity contribution in [2.24, 2.45) is 11.8 Å². The van der Waals surface area contributed by atoms with Gasteiger partial charge in [0.05, 0.1) is 26.3 Å². The summed E-state index contributed by atoms with van der Waals surface area (Å²) in [5.74, 6) is 2.59. The van der Waals surface area contributed by atoms with Crippen LogP contribution in [0.5, 0.6) is 11.5 Å². The lowest BCUT2D eigenvalue weighted by molar-refractivity contribution is -0.133. The van der Waals surface area contributed by atoms with Gasteiger partial charge in [0.15, 0.2) is 0 Å². The number of rotatable bonds is 9. The van der Waals surface area contributed by atoms with Gasteiger partial charge in [0, 0.05) is 37.6 Å². The number of carbonyl (C=O) groups is 2. The van der Waals surface area contributed by atoms with E-state index in [9.17, 15) is 9.59 Å². The number of aromatic nitrogens is 1. The van der Waals surface area contributed by atoms with Crippen molar-refractivity contribution in [3.8, 4) is 11.5 Å². The number of methoxy groups -OCH3 is 2. The number of ether oxygens (including phenoxy) is 2. The summed E-state index contributed by atoms with van der Waals surface area (Å²) in [5.41, 5.74) is 1.33. The van der Waals surface area contributed by atoms with Crippen molar-refractivity contribution in [1.82, 2.24) is 19.7 Å². The number of benzene rings is 2. The van der Waals surface area contributed by atoms with E-state index in [1.807, 2.05) is 60.0 Å². The third kappa shape index (κ3) is 5.55. The van der Waals surface area contributed by atoms with E-state index in [0.717, 1.165) is 48.3 Å². The SMILES string of the molecule is COc1ccc(CN2C(=O)c3cc4ccc(OC)cc4n3CC2(C)C(=O)NCCCN2CC(C)CC(C)C2)cc1. The lowest BCUT2D eigenvalue weighted by Gasteiger charge is -2.44. The van der Waals surface area contributed by atoms with Crippen molar-refractivity contribution >= 4 is 22.7 Å². The van der Waals surface area contributed by atoms with Gasteiger partial charge < -0.3 is 29.2 Å². The maximum absolute atomic E-state index is 14.0. The molecule has 40 heavy (non-hydrogen) atoms. The molecule has 1 saturated heterocycles. The number of hydrogen-bond donors (Lipinski definition) is 1. The molecule has 0 bridgehead atoms. The molecular weight excluding hydrogens is 504 g/mol. The van der Waals surface area contributed by atoms with Crippen molar-refractivity contribution in [3.63, 3.8) is 0 Å². The molecule has 0 spiro atoms. The Morgan fingerprint density at radius 3 is 2.35 bits per heavy atom. The lowest BCUT2D eigenvalue weighted by Crippen LogP contribution is -2.63. The molecular formula is C32H42N4O4. The fourth-order valence-electron chi connectivity index (χ4n) is 6.49. The molecule has 3 atom stereocenters. The standard InChI is InChI=1S/C32H42N4O4/c1-22-15-23(2)19-34(18-22)14-6-13-33-31(38)32(3)21-35-28-17-27(40-5)12-9-25(28)16-29(35)30(37)36(32)20-24-7-10-26(39-4)11-8-24/h7-12,16-17,22-23H,6,13-15,18-21H2,1-5H3,(H,33,38). The Morgan fingerprint density at radius 2 is 1.68 bits per heavy atom. The average molecular weight is 547 g/mol. The second kappa shape index (κ2) is 11.5. The van der Waals surface area contributed by atoms with Crippen LogP contribution in [-0.2, 0) is 17.9 Å². The predicted octanol–water partition coefficient (Wildman–Crippen LogP) is 4.56. The molecule has 1 N–H and O–H groups in total. The summed E-state index contributed by atoms with van der Waals surface area (Å²) in [7, 11) is 3.26. The zero-order chi connectivity index (χ0) is 28.4. The quantitative estimate of drug-likeness (QED) is 0.399. The minimum absolute atomic E-state index is 0.134. The first-order valence-corrected chi connectivity index (χ1v) is 14.3. The lowest BCUT2D eigenvalue weighted by atomic mass is 9.92. The zero-order valence-corrected chi connectivity index (χ0v) is 24.4. The third-order valence-corrected chi connectivity index (χ3v) is 8.51. The fourth-order valence-corrected chi connectivity index (χ4v) is 6.49. The van der Waals surface area contributed by atoms with Gasteiger partial charge in [-0.15, -0.1) is 0 Å². The number of hydrogen-bond acceptors (Lipinski definition) is 5. The predicted molar refractivity (Wildman–Crippen MR) is 157 cm³/mol. The minimum Gasteiger partial charge on any atom is -0.497 e. The van der Waals surface area contributed by atoms with E-state index >= 15 is 0 Å². The highest BCUT2D eigenvalue weighted by molar-refractivity contribution is 6.03. The Balaban J connectivity index is 1.38. The molecule has 2 aromatic carbocycles. The molecule has 8 nitrogen and oxygen atoms in total. The second-order valence-electron chi connectivity index (χ2n) is 11.9. The molecule has 0 aliphatic carbocycles. The van der Waals surface area contributed by atoms with Gasteiger partial charge in [-0.1, -0.05) is 26.0 Å². The van der Waals surface area contributed by atoms with Crippen molar-refractivity contribution in [2.45, 2.75) is 52.2 Å². The van der Waals surface area contributed by atoms with E-state index in [1.165, 1.54) is 6.42 Å². The van der Waals surface area contributed by atoms with Gasteiger partial charge in [0.25, 0.3) is 5.91 Å². The summed E-state index contributed by atoms with van der Waals surface area (Å²) < 4.78 is 12.7. The molecule has 0 radical (unpaired) electrons. The van der Waals surface area contributed by atoms with E-state index in [-0.39, 0.29) is 11.8 Å². The van der Waals surface area contributed by atoms with Crippen LogP contribution >= 0.6 is 0 Å². The number of amides is 2. The number of fused-ring (bicyclic) bond motifs is 3. The molecule has 3 heterocycles. The van der Waals surface area contributed by atoms with Gasteiger partial charge in [0.1, 0.15) is 22.7 Å². The van der Waals surface area contributed by atoms with Gasteiger partial charge in [-0.25, -0.2) is 0 Å². The van der Waals surface area contributed by atoms with Crippen molar-refractivity contribution in [3.05, 3.63) is 59.8 Å². The summed E-state index contributed by atoms with van der Waals surface area (Å²) in [6.45, 7) is 11.0. The molecule has 2 aliphatic rings. The van der Waals surface area contributed by atoms with E-state index in [4.69, 9.17) is 9.47 Å². The van der Waals surface area contributed by atoms with Crippen LogP contribution < -0.4 is 14.8 Å². The van der Waals surface area contributed by atoms with Crippen LogP contribution in [0.2, 0.25) is 0 Å². The highest BCUT2D eigenvalue weighted by Crippen LogP contribution is 2.35. The molecule has 0 saturated carbocycles. The molecule has 2 amide bonds. The largest absolute Gasteiger partial charge is 0.497 e. The van der Waals surface area contributed by atoms with Gasteiger partial charge in [-0.05, 0) is 74.0 Å². The smallest absolute Gasteiger partial charge is 0.271 e. The van der Waals surface area contributed by atoms with E-state index in [1.54, 1.807) is 19.1 Å². The Bertz CT molecular complexity index is 1360. The first-order valence-electron chi connectivity index (χ1n) is 14.3. The van der Waals surface area contributed by atoms with Crippen LogP contribution in [0, 0.1) is 11.8 Å². The molecule has 8 heteroatoms. The normalized spacial score (nSPS) is 23.2. The number of carbonyl (C=O) groups excluding carboxylic acids is 2. The summed E-state index contributed by atoms with van der Waals surface area (Å²) >= 11 is 0. The molecule has 2 aliphatic heterocycles. The van der Waals surface area contributed by atoms with Crippen LogP contribution in [0.15, 0.2) is 48.5 Å². The summed E-state index contributed by atoms with van der Waals surface area (Å²) in [6.07, 6.45) is 2.16. The van der Waals surface area contributed by atoms with Gasteiger partial charge in [-0.2, -0.15) is 0 Å². The Kier molecular flexibility index (Phi) is 8.08. The number of piperidine rings is 1. The maximum atomic E-state index is 14.0. The van der Waals surface area contributed by atoms with E-state index in [0.29, 0.717) is 42.9 Å². The third-order valence-electron chi connectivity index (χ3n) is 8.51. The van der Waals surface area contributed by atoms with Crippen molar-refractivity contribution in [2.75, 3.05) is 40.4 Å². The molecule has 214 valence electrons. The number of nitrogens with zero attached hydrogens (tertiary/aromatic N) is 3. The Morgan fingerprint density at radius 1 is 1.00 bits per heavy atom. The van der Waals surface area contributed by atoms with E-state index in [2.05, 4.69) is 24.1 Å². The van der Waals surface area contributed by atoms with Crippen LogP contribution in [0.25, 0.3) is 10.9 Å². The van der Waals surface area contributed by atoms with Crippen molar-refractivity contribution < 1.29 is 19.1 Å². The fraction of sp³-hybridized carbons (Fsp3) is 0.500. The molecule has 3 unspecified atom stereocenters. The zero-order valence-electron chi connectivity index (χ0n) is 24.4. The highest BCUT2D eigenvalue weighted by atomic mass is 16.5. The highest BCUT2D eigenvalue weighted by Gasteiger charge is 2.47. The van der Waals surface area contributed by atoms with Crippen LogP contribution in [0.3, 0.4) is 0 Å². The summed E-state index contributed by atoms with van der Waals surface area (Å²) in [6, 6.07) is 15.4.